The Balaban J connectivity index is 2.57. The highest BCUT2D eigenvalue weighted by molar-refractivity contribution is 5.77. The third-order valence-electron chi connectivity index (χ3n) is 6.02. The Bertz CT molecular complexity index is 1130. The van der Waals surface area contributed by atoms with Gasteiger partial charge in [0, 0.05) is 25.7 Å². The molecule has 0 aromatic heterocycles. The normalized spacial score (nSPS) is 11.4. The molecule has 0 heterocycles. The van der Waals surface area contributed by atoms with Gasteiger partial charge in [-0.3, -0.25) is 24.0 Å². The van der Waals surface area contributed by atoms with Gasteiger partial charge in [-0.1, -0.05) is 0 Å². The number of hydrogen-bond acceptors (Lipinski definition) is 11. The molecule has 0 fully saturated rings. The van der Waals surface area contributed by atoms with E-state index in [0.29, 0.717) is 0 Å². The summed E-state index contributed by atoms with van der Waals surface area (Å²) < 4.78 is 98.5. The van der Waals surface area contributed by atoms with Crippen LogP contribution in [0.25, 0.3) is 0 Å². The zero-order valence-corrected chi connectivity index (χ0v) is 26.5. The fourth-order valence-corrected chi connectivity index (χ4v) is 3.52. The van der Waals surface area contributed by atoms with Crippen LogP contribution in [0.4, 0.5) is 22.0 Å². The smallest absolute Gasteiger partial charge is 0.313 e. The third-order valence-corrected chi connectivity index (χ3v) is 6.02. The molecule has 0 aliphatic rings. The minimum Gasteiger partial charge on any atom is -0.420 e. The maximum atomic E-state index is 13.6. The molecule has 1 amide bonds. The number of carbonyl (C=O) groups is 5. The minimum absolute atomic E-state index is 0.0401. The summed E-state index contributed by atoms with van der Waals surface area (Å²) in [5.41, 5.74) is -1.23. The van der Waals surface area contributed by atoms with E-state index < -0.39 is 58.7 Å². The van der Waals surface area contributed by atoms with Crippen molar-refractivity contribution in [3.8, 4) is 5.75 Å². The van der Waals surface area contributed by atoms with E-state index in [2.05, 4.69) is 10.1 Å². The molecule has 1 aromatic carbocycles. The van der Waals surface area contributed by atoms with Crippen LogP contribution in [0.5, 0.6) is 5.75 Å². The topological polar surface area (TPSA) is 153 Å². The second kappa shape index (κ2) is 22.2. The Morgan fingerprint density at radius 3 is 1.28 bits per heavy atom. The van der Waals surface area contributed by atoms with E-state index in [1.807, 2.05) is 0 Å². The summed E-state index contributed by atoms with van der Waals surface area (Å²) in [5, 5.41) is 2.80. The lowest BCUT2D eigenvalue weighted by atomic mass is 10.0. The van der Waals surface area contributed by atoms with Crippen molar-refractivity contribution in [2.24, 2.45) is 0 Å². The van der Waals surface area contributed by atoms with Crippen LogP contribution in [0, 0.1) is 29.1 Å². The van der Waals surface area contributed by atoms with Gasteiger partial charge in [-0.15, -0.1) is 0 Å². The molecule has 0 aliphatic carbocycles. The summed E-state index contributed by atoms with van der Waals surface area (Å²) in [7, 11) is 0. The summed E-state index contributed by atoms with van der Waals surface area (Å²) in [6, 6.07) is 0. The van der Waals surface area contributed by atoms with E-state index in [4.69, 9.17) is 23.7 Å². The van der Waals surface area contributed by atoms with Crippen molar-refractivity contribution in [3.05, 3.63) is 29.1 Å². The summed E-state index contributed by atoms with van der Waals surface area (Å²) in [6.45, 7) is 3.59. The van der Waals surface area contributed by atoms with Gasteiger partial charge in [-0.25, -0.2) is 13.2 Å². The molecule has 0 aliphatic heterocycles. The van der Waals surface area contributed by atoms with Gasteiger partial charge >= 0.3 is 5.97 Å². The van der Waals surface area contributed by atoms with Crippen LogP contribution in [-0.4, -0.2) is 101 Å². The Labute approximate surface area is 268 Å². The average molecular weight is 686 g/mol. The number of hydrogen-bond donors (Lipinski definition) is 1. The lowest BCUT2D eigenvalue weighted by molar-refractivity contribution is -0.136. The van der Waals surface area contributed by atoms with Gasteiger partial charge in [0.25, 0.3) is 0 Å². The molecule has 0 bridgehead atoms. The first kappa shape index (κ1) is 41.6. The van der Waals surface area contributed by atoms with E-state index in [1.54, 1.807) is 0 Å². The molecule has 12 nitrogen and oxygen atoms in total. The van der Waals surface area contributed by atoms with Gasteiger partial charge in [-0.05, 0) is 20.8 Å². The van der Waals surface area contributed by atoms with Crippen molar-refractivity contribution >= 4 is 29.2 Å². The van der Waals surface area contributed by atoms with Gasteiger partial charge in [0.2, 0.25) is 40.7 Å². The number of esters is 1. The lowest BCUT2D eigenvalue weighted by Crippen LogP contribution is -2.59. The van der Waals surface area contributed by atoms with Crippen molar-refractivity contribution in [3.63, 3.8) is 0 Å². The summed E-state index contributed by atoms with van der Waals surface area (Å²) >= 11 is 0. The van der Waals surface area contributed by atoms with Crippen LogP contribution in [-0.2, 0) is 47.7 Å². The van der Waals surface area contributed by atoms with Crippen molar-refractivity contribution in [1.82, 2.24) is 5.32 Å². The zero-order valence-electron chi connectivity index (χ0n) is 26.5. The molecular formula is C30H40F5NO11. The predicted molar refractivity (Wildman–Crippen MR) is 152 cm³/mol. The molecule has 0 unspecified atom stereocenters. The first-order valence-electron chi connectivity index (χ1n) is 14.6. The number of nitrogens with one attached hydrogen (secondary N) is 1. The average Bonchev–Trinajstić information content (AvgIpc) is 3.00. The molecule has 47 heavy (non-hydrogen) atoms. The van der Waals surface area contributed by atoms with Crippen LogP contribution in [0.2, 0.25) is 0 Å². The van der Waals surface area contributed by atoms with E-state index in [0.717, 1.165) is 0 Å². The summed E-state index contributed by atoms with van der Waals surface area (Å²) in [5.74, 6) is -15.3. The van der Waals surface area contributed by atoms with Crippen molar-refractivity contribution in [2.45, 2.75) is 58.4 Å². The Hall–Kier alpha value is -3.38. The van der Waals surface area contributed by atoms with Crippen LogP contribution < -0.4 is 10.1 Å². The molecule has 0 radical (unpaired) electrons. The first-order valence-corrected chi connectivity index (χ1v) is 14.6. The molecule has 0 saturated heterocycles. The van der Waals surface area contributed by atoms with Gasteiger partial charge in [0.1, 0.15) is 22.9 Å². The van der Waals surface area contributed by atoms with Crippen molar-refractivity contribution < 1.29 is 74.3 Å². The Morgan fingerprint density at radius 2 is 0.872 bits per heavy atom. The molecule has 0 atom stereocenters. The highest BCUT2D eigenvalue weighted by Gasteiger charge is 2.34. The number of ketones is 3. The molecule has 1 rings (SSSR count). The number of ether oxygens (including phenoxy) is 6. The number of amides is 1. The molecule has 1 aromatic rings. The Kier molecular flexibility index (Phi) is 19.7. The number of halogens is 5. The zero-order chi connectivity index (χ0) is 35.4. The number of carbonyl (C=O) groups excluding carboxylic acids is 5. The maximum Gasteiger partial charge on any atom is 0.313 e. The van der Waals surface area contributed by atoms with E-state index >= 15 is 0 Å². The fourth-order valence-electron chi connectivity index (χ4n) is 3.52. The lowest BCUT2D eigenvalue weighted by Gasteiger charge is -2.34. The highest BCUT2D eigenvalue weighted by atomic mass is 19.2. The molecule has 0 saturated carbocycles. The molecule has 17 heteroatoms. The fraction of sp³-hybridized carbons (Fsp3) is 0.633. The van der Waals surface area contributed by atoms with E-state index in [-0.39, 0.29) is 109 Å². The number of benzene rings is 1. The maximum absolute atomic E-state index is 13.6. The van der Waals surface area contributed by atoms with E-state index in [1.165, 1.54) is 20.8 Å². The predicted octanol–water partition coefficient (Wildman–Crippen LogP) is 2.94. The van der Waals surface area contributed by atoms with Crippen LogP contribution in [0.3, 0.4) is 0 Å². The second-order valence-electron chi connectivity index (χ2n) is 10.4. The van der Waals surface area contributed by atoms with Crippen molar-refractivity contribution in [1.29, 1.82) is 0 Å². The van der Waals surface area contributed by atoms with Gasteiger partial charge in [0.05, 0.1) is 72.5 Å². The SMILES string of the molecule is CC(=O)CCOCC(COCCC(C)=O)(COCCC(C)=O)NC(=O)CCOCCOCCC(=O)Oc1c(F)c(F)c(F)c(F)c1F. The largest absolute Gasteiger partial charge is 0.420 e. The standard InChI is InChI=1S/C30H40F5NO11/c1-19(37)4-9-44-16-30(17-45-10-5-20(2)38,18-46-11-6-21(3)39)36-22(40)7-12-42-14-15-43-13-8-23(41)47-29-27(34)25(32)24(31)26(33)28(29)35/h4-18H2,1-3H3,(H,36,40). The monoisotopic (exact) mass is 685 g/mol. The summed E-state index contributed by atoms with van der Waals surface area (Å²) in [6.07, 6.45) is -0.291. The Morgan fingerprint density at radius 1 is 0.511 bits per heavy atom. The first-order chi connectivity index (χ1) is 22.2. The van der Waals surface area contributed by atoms with Gasteiger partial charge in [0.15, 0.2) is 0 Å². The molecular weight excluding hydrogens is 645 g/mol. The highest BCUT2D eigenvalue weighted by Crippen LogP contribution is 2.29. The second-order valence-corrected chi connectivity index (χ2v) is 10.4. The van der Waals surface area contributed by atoms with Crippen molar-refractivity contribution in [2.75, 3.05) is 66.1 Å². The quantitative estimate of drug-likeness (QED) is 0.0383. The van der Waals surface area contributed by atoms with Crippen LogP contribution >= 0.6 is 0 Å². The minimum atomic E-state index is -2.39. The van der Waals surface area contributed by atoms with Crippen LogP contribution in [0.1, 0.15) is 52.9 Å². The van der Waals surface area contributed by atoms with E-state index in [9.17, 15) is 45.9 Å². The van der Waals surface area contributed by atoms with Gasteiger partial charge in [-0.2, -0.15) is 8.78 Å². The van der Waals surface area contributed by atoms with Crippen LogP contribution in [0.15, 0.2) is 0 Å². The third kappa shape index (κ3) is 16.8. The number of Topliss-reactive ketones (excluding diaryl/α,β-unsaturated/α-hetero) is 3. The molecule has 0 spiro atoms. The summed E-state index contributed by atoms with van der Waals surface area (Å²) in [4.78, 5) is 58.5. The molecule has 1 N–H and O–H groups in total. The molecule has 266 valence electrons. The number of rotatable bonds is 26. The van der Waals surface area contributed by atoms with Gasteiger partial charge < -0.3 is 33.7 Å².